The molecule has 0 aliphatic carbocycles. The second-order valence-electron chi connectivity index (χ2n) is 4.70. The SMILES string of the molecule is CCc1ccc(S(=O)(=O)N(CC)CC(C)C#N)cc1N. The molecule has 6 heteroatoms. The summed E-state index contributed by atoms with van der Waals surface area (Å²) in [5.41, 5.74) is 7.27. The van der Waals surface area contributed by atoms with Crippen LogP contribution in [0.5, 0.6) is 0 Å². The Kier molecular flexibility index (Phi) is 5.54. The molecule has 2 N–H and O–H groups in total. The van der Waals surface area contributed by atoms with Crippen LogP contribution >= 0.6 is 0 Å². The number of nitrogens with two attached hydrogens (primary N) is 1. The van der Waals surface area contributed by atoms with Gasteiger partial charge in [-0.05, 0) is 31.0 Å². The van der Waals surface area contributed by atoms with Gasteiger partial charge in [0.25, 0.3) is 0 Å². The summed E-state index contributed by atoms with van der Waals surface area (Å²) in [6.45, 7) is 5.93. The zero-order chi connectivity index (χ0) is 15.3. The average Bonchev–Trinajstić information content (AvgIpc) is 2.43. The molecule has 1 unspecified atom stereocenters. The van der Waals surface area contributed by atoms with Crippen LogP contribution in [0, 0.1) is 17.2 Å². The smallest absolute Gasteiger partial charge is 0.243 e. The molecule has 1 rings (SSSR count). The van der Waals surface area contributed by atoms with E-state index in [1.54, 1.807) is 26.0 Å². The molecule has 0 saturated carbocycles. The Morgan fingerprint density at radius 2 is 2.05 bits per heavy atom. The summed E-state index contributed by atoms with van der Waals surface area (Å²) in [6.07, 6.45) is 0.759. The second-order valence-corrected chi connectivity index (χ2v) is 6.64. The molecule has 1 aromatic carbocycles. The maximum atomic E-state index is 12.5. The first-order chi connectivity index (χ1) is 9.36. The van der Waals surface area contributed by atoms with Gasteiger partial charge in [0.15, 0.2) is 0 Å². The van der Waals surface area contributed by atoms with Crippen molar-refractivity contribution in [3.05, 3.63) is 23.8 Å². The minimum absolute atomic E-state index is 0.180. The van der Waals surface area contributed by atoms with Crippen LogP contribution in [0.1, 0.15) is 26.3 Å². The van der Waals surface area contributed by atoms with Crippen LogP contribution in [-0.4, -0.2) is 25.8 Å². The fourth-order valence-corrected chi connectivity index (χ4v) is 3.52. The third kappa shape index (κ3) is 3.50. The van der Waals surface area contributed by atoms with E-state index < -0.39 is 10.0 Å². The normalized spacial score (nSPS) is 13.2. The summed E-state index contributed by atoms with van der Waals surface area (Å²) in [5.74, 6) is -0.350. The molecule has 0 radical (unpaired) electrons. The van der Waals surface area contributed by atoms with Gasteiger partial charge in [-0.3, -0.25) is 0 Å². The van der Waals surface area contributed by atoms with Crippen molar-refractivity contribution in [1.82, 2.24) is 4.31 Å². The van der Waals surface area contributed by atoms with Gasteiger partial charge < -0.3 is 5.73 Å². The maximum Gasteiger partial charge on any atom is 0.243 e. The lowest BCUT2D eigenvalue weighted by Crippen LogP contribution is -2.34. The largest absolute Gasteiger partial charge is 0.398 e. The van der Waals surface area contributed by atoms with Crippen LogP contribution < -0.4 is 5.73 Å². The molecule has 110 valence electrons. The third-order valence-electron chi connectivity index (χ3n) is 3.19. The highest BCUT2D eigenvalue weighted by atomic mass is 32.2. The van der Waals surface area contributed by atoms with Gasteiger partial charge in [-0.15, -0.1) is 0 Å². The van der Waals surface area contributed by atoms with Crippen molar-refractivity contribution in [3.8, 4) is 6.07 Å². The van der Waals surface area contributed by atoms with E-state index in [0.29, 0.717) is 12.2 Å². The molecular formula is C14H21N3O2S. The summed E-state index contributed by atoms with van der Waals surface area (Å²) in [4.78, 5) is 0.180. The standard InChI is InChI=1S/C14H21N3O2S/c1-4-12-6-7-13(8-14(12)16)20(18,19)17(5-2)10-11(3)9-15/h6-8,11H,4-5,10,16H2,1-3H3. The Balaban J connectivity index is 3.14. The van der Waals surface area contributed by atoms with Gasteiger partial charge in [0.1, 0.15) is 0 Å². The molecule has 0 saturated heterocycles. The molecule has 0 spiro atoms. The van der Waals surface area contributed by atoms with Crippen LogP contribution in [0.3, 0.4) is 0 Å². The van der Waals surface area contributed by atoms with Gasteiger partial charge >= 0.3 is 0 Å². The maximum absolute atomic E-state index is 12.5. The molecule has 20 heavy (non-hydrogen) atoms. The van der Waals surface area contributed by atoms with Crippen LogP contribution in [-0.2, 0) is 16.4 Å². The molecular weight excluding hydrogens is 274 g/mol. The van der Waals surface area contributed by atoms with E-state index in [9.17, 15) is 8.42 Å². The van der Waals surface area contributed by atoms with E-state index >= 15 is 0 Å². The summed E-state index contributed by atoms with van der Waals surface area (Å²) in [6, 6.07) is 6.86. The lowest BCUT2D eigenvalue weighted by molar-refractivity contribution is 0.400. The van der Waals surface area contributed by atoms with Crippen molar-refractivity contribution >= 4 is 15.7 Å². The van der Waals surface area contributed by atoms with E-state index in [1.165, 1.54) is 10.4 Å². The molecule has 0 bridgehead atoms. The number of hydrogen-bond acceptors (Lipinski definition) is 4. The number of aryl methyl sites for hydroxylation is 1. The summed E-state index contributed by atoms with van der Waals surface area (Å²) >= 11 is 0. The molecule has 0 aromatic heterocycles. The number of anilines is 1. The first-order valence-electron chi connectivity index (χ1n) is 6.64. The number of nitrogens with zero attached hydrogens (tertiary/aromatic N) is 2. The lowest BCUT2D eigenvalue weighted by Gasteiger charge is -2.22. The van der Waals surface area contributed by atoms with Crippen molar-refractivity contribution in [2.24, 2.45) is 5.92 Å². The fourth-order valence-electron chi connectivity index (χ4n) is 1.95. The predicted molar refractivity (Wildman–Crippen MR) is 79.4 cm³/mol. The molecule has 0 amide bonds. The van der Waals surface area contributed by atoms with E-state index in [-0.39, 0.29) is 17.4 Å². The fraction of sp³-hybridized carbons (Fsp3) is 0.500. The van der Waals surface area contributed by atoms with Crippen LogP contribution in [0.25, 0.3) is 0 Å². The van der Waals surface area contributed by atoms with E-state index in [4.69, 9.17) is 11.0 Å². The number of nitrogen functional groups attached to an aromatic ring is 1. The number of rotatable bonds is 6. The zero-order valence-corrected chi connectivity index (χ0v) is 12.9. The van der Waals surface area contributed by atoms with Gasteiger partial charge in [0, 0.05) is 18.8 Å². The van der Waals surface area contributed by atoms with Crippen molar-refractivity contribution < 1.29 is 8.42 Å². The summed E-state index contributed by atoms with van der Waals surface area (Å²) < 4.78 is 26.4. The van der Waals surface area contributed by atoms with Crippen molar-refractivity contribution in [1.29, 1.82) is 5.26 Å². The quantitative estimate of drug-likeness (QED) is 0.813. The Labute approximate surface area is 121 Å². The van der Waals surface area contributed by atoms with Gasteiger partial charge in [0.2, 0.25) is 10.0 Å². The molecule has 0 heterocycles. The Bertz CT molecular complexity index is 605. The number of hydrogen-bond donors (Lipinski definition) is 1. The topological polar surface area (TPSA) is 87.2 Å². The highest BCUT2D eigenvalue weighted by Crippen LogP contribution is 2.22. The average molecular weight is 295 g/mol. The van der Waals surface area contributed by atoms with E-state index in [2.05, 4.69) is 6.07 Å². The van der Waals surface area contributed by atoms with E-state index in [1.807, 2.05) is 6.92 Å². The highest BCUT2D eigenvalue weighted by Gasteiger charge is 2.25. The molecule has 1 aromatic rings. The molecule has 5 nitrogen and oxygen atoms in total. The first kappa shape index (κ1) is 16.5. The zero-order valence-electron chi connectivity index (χ0n) is 12.1. The van der Waals surface area contributed by atoms with E-state index in [0.717, 1.165) is 12.0 Å². The number of benzene rings is 1. The first-order valence-corrected chi connectivity index (χ1v) is 8.08. The molecule has 1 atom stereocenters. The van der Waals surface area contributed by atoms with Gasteiger partial charge in [-0.1, -0.05) is 19.9 Å². The van der Waals surface area contributed by atoms with Crippen molar-refractivity contribution in [3.63, 3.8) is 0 Å². The summed E-state index contributed by atoms with van der Waals surface area (Å²) in [5, 5.41) is 8.84. The van der Waals surface area contributed by atoms with Crippen molar-refractivity contribution in [2.45, 2.75) is 32.1 Å². The lowest BCUT2D eigenvalue weighted by atomic mass is 10.1. The molecule has 0 aliphatic heterocycles. The van der Waals surface area contributed by atoms with Crippen LogP contribution in [0.4, 0.5) is 5.69 Å². The minimum atomic E-state index is -3.60. The van der Waals surface area contributed by atoms with Gasteiger partial charge in [-0.2, -0.15) is 9.57 Å². The third-order valence-corrected chi connectivity index (χ3v) is 5.12. The van der Waals surface area contributed by atoms with Crippen LogP contribution in [0.2, 0.25) is 0 Å². The predicted octanol–water partition coefficient (Wildman–Crippen LogP) is 2.00. The Morgan fingerprint density at radius 1 is 1.40 bits per heavy atom. The minimum Gasteiger partial charge on any atom is -0.398 e. The Hall–Kier alpha value is -1.58. The molecule has 0 fully saturated rings. The number of nitriles is 1. The Morgan fingerprint density at radius 3 is 2.50 bits per heavy atom. The monoisotopic (exact) mass is 295 g/mol. The second kappa shape index (κ2) is 6.73. The summed E-state index contributed by atoms with van der Waals surface area (Å²) in [7, 11) is -3.60. The van der Waals surface area contributed by atoms with Gasteiger partial charge in [0.05, 0.1) is 16.9 Å². The van der Waals surface area contributed by atoms with Crippen molar-refractivity contribution in [2.75, 3.05) is 18.8 Å². The van der Waals surface area contributed by atoms with Crippen LogP contribution in [0.15, 0.2) is 23.1 Å². The molecule has 0 aliphatic rings. The van der Waals surface area contributed by atoms with Gasteiger partial charge in [-0.25, -0.2) is 8.42 Å². The highest BCUT2D eigenvalue weighted by molar-refractivity contribution is 7.89. The number of sulfonamides is 1.